The number of halogens is 1. The van der Waals surface area contributed by atoms with E-state index in [1.165, 1.54) is 22.6 Å². The molecule has 1 aromatic carbocycles. The van der Waals surface area contributed by atoms with Crippen LogP contribution in [0.3, 0.4) is 0 Å². The lowest BCUT2D eigenvalue weighted by Gasteiger charge is -2.21. The van der Waals surface area contributed by atoms with E-state index in [1.54, 1.807) is 12.1 Å². The SMILES string of the molecule is O=S(=O)(c1ccc(F)cc1)N1CCCC1c1nc(-c2cccnn2)no1. The summed E-state index contributed by atoms with van der Waals surface area (Å²) < 4.78 is 45.5. The van der Waals surface area contributed by atoms with Gasteiger partial charge in [-0.3, -0.25) is 0 Å². The molecule has 134 valence electrons. The second-order valence-corrected chi connectivity index (χ2v) is 7.68. The van der Waals surface area contributed by atoms with Gasteiger partial charge in [0.2, 0.25) is 21.7 Å². The van der Waals surface area contributed by atoms with Gasteiger partial charge in [0.05, 0.1) is 4.90 Å². The van der Waals surface area contributed by atoms with E-state index in [1.807, 2.05) is 0 Å². The van der Waals surface area contributed by atoms with E-state index in [-0.39, 0.29) is 16.6 Å². The van der Waals surface area contributed by atoms with Gasteiger partial charge >= 0.3 is 0 Å². The lowest BCUT2D eigenvalue weighted by molar-refractivity contribution is 0.290. The molecule has 3 aromatic rings. The Labute approximate surface area is 148 Å². The van der Waals surface area contributed by atoms with Gasteiger partial charge in [-0.05, 0) is 49.2 Å². The molecular weight excluding hydrogens is 361 g/mol. The van der Waals surface area contributed by atoms with Crippen molar-refractivity contribution in [3.05, 3.63) is 54.3 Å². The summed E-state index contributed by atoms with van der Waals surface area (Å²) in [6, 6.07) is 7.55. The first kappa shape index (κ1) is 16.7. The second kappa shape index (κ2) is 6.54. The third kappa shape index (κ3) is 2.97. The molecule has 0 aliphatic carbocycles. The molecule has 10 heteroatoms. The fraction of sp³-hybridized carbons (Fsp3) is 0.250. The molecule has 1 saturated heterocycles. The second-order valence-electron chi connectivity index (χ2n) is 5.79. The van der Waals surface area contributed by atoms with Gasteiger partial charge < -0.3 is 4.52 Å². The van der Waals surface area contributed by atoms with E-state index in [0.29, 0.717) is 25.1 Å². The summed E-state index contributed by atoms with van der Waals surface area (Å²) in [6.45, 7) is 0.327. The van der Waals surface area contributed by atoms with Crippen molar-refractivity contribution >= 4 is 10.0 Å². The molecule has 0 N–H and O–H groups in total. The molecule has 0 radical (unpaired) electrons. The minimum atomic E-state index is -3.80. The quantitative estimate of drug-likeness (QED) is 0.689. The zero-order valence-corrected chi connectivity index (χ0v) is 14.3. The van der Waals surface area contributed by atoms with Crippen LogP contribution in [0.5, 0.6) is 0 Å². The highest BCUT2D eigenvalue weighted by atomic mass is 32.2. The Hall–Kier alpha value is -2.72. The minimum Gasteiger partial charge on any atom is -0.337 e. The number of benzene rings is 1. The fourth-order valence-corrected chi connectivity index (χ4v) is 4.56. The highest BCUT2D eigenvalue weighted by molar-refractivity contribution is 7.89. The molecule has 1 atom stereocenters. The zero-order chi connectivity index (χ0) is 18.1. The maximum atomic E-state index is 13.1. The van der Waals surface area contributed by atoms with Crippen molar-refractivity contribution in [1.82, 2.24) is 24.6 Å². The standard InChI is InChI=1S/C16H14FN5O3S/c17-11-5-7-12(8-6-11)26(23,24)22-10-2-4-14(22)16-19-15(21-25-16)13-3-1-9-18-20-13/h1,3,5-9,14H,2,4,10H2. The Kier molecular flexibility index (Phi) is 4.21. The Morgan fingerprint density at radius 1 is 1.19 bits per heavy atom. The number of nitrogens with zero attached hydrogens (tertiary/aromatic N) is 5. The molecule has 1 aliphatic heterocycles. The number of aromatic nitrogens is 4. The highest BCUT2D eigenvalue weighted by Crippen LogP contribution is 2.36. The van der Waals surface area contributed by atoms with E-state index in [9.17, 15) is 12.8 Å². The first-order valence-electron chi connectivity index (χ1n) is 7.95. The average molecular weight is 375 g/mol. The Bertz CT molecular complexity index is 1010. The monoisotopic (exact) mass is 375 g/mol. The minimum absolute atomic E-state index is 0.0273. The van der Waals surface area contributed by atoms with Gasteiger partial charge in [-0.1, -0.05) is 5.16 Å². The molecule has 0 spiro atoms. The lowest BCUT2D eigenvalue weighted by atomic mass is 10.2. The van der Waals surface area contributed by atoms with Gasteiger partial charge in [-0.2, -0.15) is 14.4 Å². The Morgan fingerprint density at radius 2 is 2.00 bits per heavy atom. The summed E-state index contributed by atoms with van der Waals surface area (Å²) in [6.07, 6.45) is 2.74. The highest BCUT2D eigenvalue weighted by Gasteiger charge is 2.39. The van der Waals surface area contributed by atoms with Gasteiger partial charge in [-0.15, -0.1) is 5.10 Å². The average Bonchev–Trinajstić information content (AvgIpc) is 3.32. The lowest BCUT2D eigenvalue weighted by Crippen LogP contribution is -2.30. The van der Waals surface area contributed by atoms with Crippen LogP contribution in [-0.4, -0.2) is 39.6 Å². The van der Waals surface area contributed by atoms with Crippen molar-refractivity contribution in [2.24, 2.45) is 0 Å². The third-order valence-electron chi connectivity index (χ3n) is 4.15. The van der Waals surface area contributed by atoms with E-state index in [2.05, 4.69) is 20.3 Å². The van der Waals surface area contributed by atoms with Crippen LogP contribution >= 0.6 is 0 Å². The number of rotatable bonds is 4. The molecule has 1 aliphatic rings. The first-order chi connectivity index (χ1) is 12.6. The van der Waals surface area contributed by atoms with Crippen LogP contribution < -0.4 is 0 Å². The van der Waals surface area contributed by atoms with Crippen LogP contribution in [0.15, 0.2) is 52.0 Å². The van der Waals surface area contributed by atoms with E-state index in [0.717, 1.165) is 12.1 Å². The van der Waals surface area contributed by atoms with Crippen LogP contribution in [0.25, 0.3) is 11.5 Å². The molecule has 0 saturated carbocycles. The predicted molar refractivity (Wildman–Crippen MR) is 87.6 cm³/mol. The van der Waals surface area contributed by atoms with Crippen molar-refractivity contribution in [3.63, 3.8) is 0 Å². The van der Waals surface area contributed by atoms with Crippen LogP contribution in [0.4, 0.5) is 4.39 Å². The van der Waals surface area contributed by atoms with E-state index >= 15 is 0 Å². The molecule has 3 heterocycles. The van der Waals surface area contributed by atoms with E-state index < -0.39 is 21.9 Å². The molecule has 8 nitrogen and oxygen atoms in total. The number of sulfonamides is 1. The van der Waals surface area contributed by atoms with Gasteiger partial charge in [0.25, 0.3) is 0 Å². The van der Waals surface area contributed by atoms with Crippen LogP contribution in [0.1, 0.15) is 24.8 Å². The van der Waals surface area contributed by atoms with Crippen molar-refractivity contribution in [1.29, 1.82) is 0 Å². The topological polar surface area (TPSA) is 102 Å². The number of hydrogen-bond donors (Lipinski definition) is 0. The summed E-state index contributed by atoms with van der Waals surface area (Å²) in [5.41, 5.74) is 0.438. The molecule has 0 amide bonds. The zero-order valence-electron chi connectivity index (χ0n) is 13.5. The number of hydrogen-bond acceptors (Lipinski definition) is 7. The van der Waals surface area contributed by atoms with Gasteiger partial charge in [0.1, 0.15) is 17.6 Å². The van der Waals surface area contributed by atoms with Crippen LogP contribution in [0.2, 0.25) is 0 Å². The summed E-state index contributed by atoms with van der Waals surface area (Å²) in [5.74, 6) is -0.0413. The molecule has 26 heavy (non-hydrogen) atoms. The summed E-state index contributed by atoms with van der Waals surface area (Å²) >= 11 is 0. The molecule has 1 fully saturated rings. The van der Waals surface area contributed by atoms with Crippen LogP contribution in [0, 0.1) is 5.82 Å². The van der Waals surface area contributed by atoms with Crippen molar-refractivity contribution in [2.45, 2.75) is 23.8 Å². The van der Waals surface area contributed by atoms with Crippen LogP contribution in [-0.2, 0) is 10.0 Å². The van der Waals surface area contributed by atoms with Gasteiger partial charge in [0.15, 0.2) is 0 Å². The Morgan fingerprint density at radius 3 is 2.73 bits per heavy atom. The van der Waals surface area contributed by atoms with E-state index in [4.69, 9.17) is 4.52 Å². The maximum Gasteiger partial charge on any atom is 0.245 e. The summed E-state index contributed by atoms with van der Waals surface area (Å²) in [7, 11) is -3.80. The van der Waals surface area contributed by atoms with Crippen molar-refractivity contribution in [2.75, 3.05) is 6.54 Å². The fourth-order valence-electron chi connectivity index (χ4n) is 2.91. The van der Waals surface area contributed by atoms with Crippen molar-refractivity contribution < 1.29 is 17.3 Å². The Balaban J connectivity index is 1.65. The molecule has 4 rings (SSSR count). The molecular formula is C16H14FN5O3S. The van der Waals surface area contributed by atoms with Crippen molar-refractivity contribution in [3.8, 4) is 11.5 Å². The normalized spacial score (nSPS) is 18.3. The molecule has 1 unspecified atom stereocenters. The molecule has 0 bridgehead atoms. The van der Waals surface area contributed by atoms with Gasteiger partial charge in [-0.25, -0.2) is 12.8 Å². The largest absolute Gasteiger partial charge is 0.337 e. The summed E-state index contributed by atoms with van der Waals surface area (Å²) in [5, 5.41) is 11.5. The maximum absolute atomic E-state index is 13.1. The first-order valence-corrected chi connectivity index (χ1v) is 9.39. The smallest absolute Gasteiger partial charge is 0.245 e. The van der Waals surface area contributed by atoms with Gasteiger partial charge in [0, 0.05) is 12.7 Å². The third-order valence-corrected chi connectivity index (χ3v) is 6.07. The summed E-state index contributed by atoms with van der Waals surface area (Å²) in [4.78, 5) is 4.31. The predicted octanol–water partition coefficient (Wildman–Crippen LogP) is 2.19. The molecule has 2 aromatic heterocycles.